The first-order valence-corrected chi connectivity index (χ1v) is 14.4. The number of imidazole rings is 1. The number of aromatic amines is 1. The third-order valence-electron chi connectivity index (χ3n) is 6.86. The maximum atomic E-state index is 13.4. The number of nitrogens with two attached hydrogens (primary N) is 1. The smallest absolute Gasteiger partial charge is 0.260 e. The van der Waals surface area contributed by atoms with E-state index >= 15 is 0 Å². The second-order valence-electron chi connectivity index (χ2n) is 9.63. The first kappa shape index (κ1) is 30.4. The first-order valence-electron chi connectivity index (χ1n) is 13.3. The highest BCUT2D eigenvalue weighted by atomic mass is 127. The van der Waals surface area contributed by atoms with E-state index in [0.717, 1.165) is 20.2 Å². The monoisotopic (exact) mass is 671 g/mol. The van der Waals surface area contributed by atoms with Crippen molar-refractivity contribution in [1.29, 1.82) is 0 Å². The minimum absolute atomic E-state index is 0.100. The number of aromatic nitrogens is 2. The number of nitrogens with one attached hydrogen (secondary N) is 2. The van der Waals surface area contributed by atoms with E-state index in [2.05, 4.69) is 32.9 Å². The third kappa shape index (κ3) is 7.82. The zero-order chi connectivity index (χ0) is 29.4. The Morgan fingerprint density at radius 2 is 1.71 bits per heavy atom. The lowest BCUT2D eigenvalue weighted by molar-refractivity contribution is -0.134. The van der Waals surface area contributed by atoms with Gasteiger partial charge in [0.2, 0.25) is 5.91 Å². The van der Waals surface area contributed by atoms with Crippen LogP contribution in [0.4, 0.5) is 0 Å². The average molecular weight is 672 g/mol. The third-order valence-corrected chi connectivity index (χ3v) is 7.53. The van der Waals surface area contributed by atoms with Gasteiger partial charge >= 0.3 is 0 Å². The Hall–Kier alpha value is -3.52. The molecule has 4 aromatic rings. The summed E-state index contributed by atoms with van der Waals surface area (Å²) in [5.74, 6) is 0.253. The van der Waals surface area contributed by atoms with Crippen molar-refractivity contribution in [2.24, 2.45) is 5.73 Å². The molecule has 0 aliphatic rings. The normalized spacial score (nSPS) is 13.4. The Morgan fingerprint density at radius 3 is 2.37 bits per heavy atom. The summed E-state index contributed by atoms with van der Waals surface area (Å²) in [6.07, 6.45) is 0. The number of benzene rings is 3. The number of carbonyl (C=O) groups is 2. The lowest BCUT2D eigenvalue weighted by atomic mass is 9.92. The maximum absolute atomic E-state index is 13.4. The van der Waals surface area contributed by atoms with Gasteiger partial charge in [-0.1, -0.05) is 49.4 Å². The molecule has 0 bridgehead atoms. The maximum Gasteiger partial charge on any atom is 0.260 e. The van der Waals surface area contributed by atoms with E-state index in [1.165, 1.54) is 4.90 Å². The highest BCUT2D eigenvalue weighted by Gasteiger charge is 2.28. The van der Waals surface area contributed by atoms with Crippen LogP contribution in [0.15, 0.2) is 72.8 Å². The highest BCUT2D eigenvalue weighted by molar-refractivity contribution is 14.1. The molecule has 41 heavy (non-hydrogen) atoms. The fraction of sp³-hybridized carbons (Fsp3) is 0.300. The highest BCUT2D eigenvalue weighted by Crippen LogP contribution is 2.31. The van der Waals surface area contributed by atoms with Gasteiger partial charge in [0.05, 0.1) is 30.3 Å². The molecule has 216 valence electrons. The number of aliphatic hydroxyl groups excluding tert-OH is 2. The van der Waals surface area contributed by atoms with Crippen LogP contribution in [-0.4, -0.2) is 69.8 Å². The standard InChI is InChI=1S/C30H34IN5O5/c1-19(20-5-3-2-4-6-20)28(29-33-24-12-9-22(31)17-25(24)34-29)35-30(40)27(32)21-7-10-23(11-8-21)41-18-26(39)36(13-15-37)14-16-38/h2-12,17,19,27-28,37-38H,13-16,18,32H2,1H3,(H,33,34)(H,35,40)/t19-,27+,28-/m0/s1. The molecule has 10 nitrogen and oxygen atoms in total. The summed E-state index contributed by atoms with van der Waals surface area (Å²) >= 11 is 2.25. The molecular weight excluding hydrogens is 637 g/mol. The van der Waals surface area contributed by atoms with Crippen LogP contribution in [0.3, 0.4) is 0 Å². The Morgan fingerprint density at radius 1 is 1.02 bits per heavy atom. The predicted molar refractivity (Wildman–Crippen MR) is 164 cm³/mol. The molecule has 1 heterocycles. The van der Waals surface area contributed by atoms with E-state index in [1.54, 1.807) is 24.3 Å². The van der Waals surface area contributed by atoms with Crippen LogP contribution in [0.25, 0.3) is 11.0 Å². The Balaban J connectivity index is 1.47. The minimum atomic E-state index is -0.953. The molecule has 4 rings (SSSR count). The van der Waals surface area contributed by atoms with Crippen molar-refractivity contribution in [3.8, 4) is 5.75 Å². The molecule has 3 aromatic carbocycles. The summed E-state index contributed by atoms with van der Waals surface area (Å²) in [6.45, 7) is 1.60. The molecule has 0 unspecified atom stereocenters. The number of hydrogen-bond acceptors (Lipinski definition) is 7. The van der Waals surface area contributed by atoms with Crippen LogP contribution < -0.4 is 15.8 Å². The van der Waals surface area contributed by atoms with E-state index in [4.69, 9.17) is 25.7 Å². The van der Waals surface area contributed by atoms with E-state index in [-0.39, 0.29) is 50.6 Å². The van der Waals surface area contributed by atoms with Crippen LogP contribution in [0.1, 0.15) is 41.9 Å². The second-order valence-corrected chi connectivity index (χ2v) is 10.9. The van der Waals surface area contributed by atoms with Crippen LogP contribution in [0, 0.1) is 3.57 Å². The number of halogens is 1. The van der Waals surface area contributed by atoms with Gasteiger partial charge in [-0.3, -0.25) is 9.59 Å². The molecule has 0 aliphatic heterocycles. The minimum Gasteiger partial charge on any atom is -0.484 e. The summed E-state index contributed by atoms with van der Waals surface area (Å²) in [6, 6.07) is 21.1. The summed E-state index contributed by atoms with van der Waals surface area (Å²) in [4.78, 5) is 35.2. The number of fused-ring (bicyclic) bond motifs is 1. The topological polar surface area (TPSA) is 154 Å². The molecular formula is C30H34IN5O5. The number of rotatable bonds is 13. The molecule has 2 amide bonds. The van der Waals surface area contributed by atoms with E-state index in [1.807, 2.05) is 55.5 Å². The van der Waals surface area contributed by atoms with E-state index < -0.39 is 12.1 Å². The van der Waals surface area contributed by atoms with Crippen molar-refractivity contribution in [1.82, 2.24) is 20.2 Å². The zero-order valence-corrected chi connectivity index (χ0v) is 24.8. The Labute approximate surface area is 252 Å². The van der Waals surface area contributed by atoms with Gasteiger partial charge in [0.25, 0.3) is 5.91 Å². The van der Waals surface area contributed by atoms with Crippen molar-refractivity contribution in [2.45, 2.75) is 24.9 Å². The van der Waals surface area contributed by atoms with Crippen molar-refractivity contribution >= 4 is 45.4 Å². The number of hydrogen-bond donors (Lipinski definition) is 5. The number of nitrogens with zero attached hydrogens (tertiary/aromatic N) is 2. The second kappa shape index (κ2) is 14.4. The number of ether oxygens (including phenoxy) is 1. The van der Waals surface area contributed by atoms with E-state index in [9.17, 15) is 9.59 Å². The Bertz CT molecular complexity index is 1440. The van der Waals surface area contributed by atoms with Gasteiger partial charge in [0, 0.05) is 22.6 Å². The number of carbonyl (C=O) groups excluding carboxylic acids is 2. The molecule has 0 spiro atoms. The summed E-state index contributed by atoms with van der Waals surface area (Å²) in [5, 5.41) is 21.3. The fourth-order valence-corrected chi connectivity index (χ4v) is 5.02. The van der Waals surface area contributed by atoms with Gasteiger partial charge in [-0.2, -0.15) is 0 Å². The van der Waals surface area contributed by atoms with E-state index in [0.29, 0.717) is 17.1 Å². The summed E-state index contributed by atoms with van der Waals surface area (Å²) in [7, 11) is 0. The van der Waals surface area contributed by atoms with Gasteiger partial charge in [0.1, 0.15) is 17.6 Å². The summed E-state index contributed by atoms with van der Waals surface area (Å²) in [5.41, 5.74) is 9.72. The first-order chi connectivity index (χ1) is 19.8. The van der Waals surface area contributed by atoms with Gasteiger partial charge in [0.15, 0.2) is 6.61 Å². The lowest BCUT2D eigenvalue weighted by Crippen LogP contribution is -2.39. The van der Waals surface area contributed by atoms with Crippen LogP contribution in [0.5, 0.6) is 5.75 Å². The molecule has 0 saturated carbocycles. The fourth-order valence-electron chi connectivity index (χ4n) is 4.53. The molecule has 6 N–H and O–H groups in total. The van der Waals surface area contributed by atoms with Gasteiger partial charge in [-0.05, 0) is 64.0 Å². The van der Waals surface area contributed by atoms with Crippen LogP contribution in [-0.2, 0) is 9.59 Å². The van der Waals surface area contributed by atoms with Crippen molar-refractivity contribution in [3.63, 3.8) is 0 Å². The van der Waals surface area contributed by atoms with Gasteiger partial charge in [-0.15, -0.1) is 0 Å². The molecule has 3 atom stereocenters. The number of amides is 2. The summed E-state index contributed by atoms with van der Waals surface area (Å²) < 4.78 is 6.65. The van der Waals surface area contributed by atoms with Crippen LogP contribution >= 0.6 is 22.6 Å². The van der Waals surface area contributed by atoms with Gasteiger partial charge < -0.3 is 35.9 Å². The predicted octanol–water partition coefficient (Wildman–Crippen LogP) is 3.02. The molecule has 1 aromatic heterocycles. The number of aliphatic hydroxyl groups is 2. The molecule has 0 fully saturated rings. The molecule has 11 heteroatoms. The number of H-pyrrole nitrogens is 1. The van der Waals surface area contributed by atoms with Crippen LogP contribution in [0.2, 0.25) is 0 Å². The molecule has 0 radical (unpaired) electrons. The SMILES string of the molecule is C[C@@H](c1ccccc1)[C@H](NC(=O)[C@H](N)c1ccc(OCC(=O)N(CCO)CCO)cc1)c1nc2ccc(I)cc2[nH]1. The van der Waals surface area contributed by atoms with Crippen molar-refractivity contribution in [2.75, 3.05) is 32.9 Å². The van der Waals surface area contributed by atoms with Crippen molar-refractivity contribution in [3.05, 3.63) is 93.3 Å². The van der Waals surface area contributed by atoms with Gasteiger partial charge in [-0.25, -0.2) is 4.98 Å². The Kier molecular flexibility index (Phi) is 10.7. The lowest BCUT2D eigenvalue weighted by Gasteiger charge is -2.25. The quantitative estimate of drug-likeness (QED) is 0.137. The molecule has 0 aliphatic carbocycles. The van der Waals surface area contributed by atoms with Crippen molar-refractivity contribution < 1.29 is 24.5 Å². The molecule has 0 saturated heterocycles. The largest absolute Gasteiger partial charge is 0.484 e. The zero-order valence-electron chi connectivity index (χ0n) is 22.7. The average Bonchev–Trinajstić information content (AvgIpc) is 3.41.